The summed E-state index contributed by atoms with van der Waals surface area (Å²) in [5.41, 5.74) is 7.29. The second kappa shape index (κ2) is 11.7. The van der Waals surface area contributed by atoms with Gasteiger partial charge in [0.05, 0.1) is 6.61 Å². The number of anilines is 1. The molecule has 3 aliphatic rings. The van der Waals surface area contributed by atoms with Crippen molar-refractivity contribution in [1.29, 1.82) is 0 Å². The lowest BCUT2D eigenvalue weighted by atomic mass is 9.71. The molecule has 1 amide bonds. The van der Waals surface area contributed by atoms with E-state index in [-0.39, 0.29) is 24.1 Å². The first-order valence-electron chi connectivity index (χ1n) is 14.4. The van der Waals surface area contributed by atoms with Crippen LogP contribution in [0.1, 0.15) is 75.0 Å². The van der Waals surface area contributed by atoms with Crippen LogP contribution in [-0.4, -0.2) is 42.1 Å². The van der Waals surface area contributed by atoms with Crippen LogP contribution in [0.2, 0.25) is 0 Å². The predicted molar refractivity (Wildman–Crippen MR) is 155 cm³/mol. The lowest BCUT2D eigenvalue weighted by Crippen LogP contribution is -2.39. The second-order valence-corrected chi connectivity index (χ2v) is 10.7. The summed E-state index contributed by atoms with van der Waals surface area (Å²) in [5, 5.41) is 2.92. The van der Waals surface area contributed by atoms with Gasteiger partial charge in [0.15, 0.2) is 29.7 Å². The minimum Gasteiger partial charge on any atom is -0.490 e. The van der Waals surface area contributed by atoms with Gasteiger partial charge in [-0.25, -0.2) is 0 Å². The number of ketones is 2. The van der Waals surface area contributed by atoms with E-state index in [2.05, 4.69) is 17.1 Å². The fourth-order valence-electron chi connectivity index (χ4n) is 6.22. The zero-order valence-corrected chi connectivity index (χ0v) is 23.9. The molecule has 0 saturated carbocycles. The van der Waals surface area contributed by atoms with E-state index in [4.69, 9.17) is 9.47 Å². The van der Waals surface area contributed by atoms with Gasteiger partial charge in [-0.15, -0.1) is 0 Å². The summed E-state index contributed by atoms with van der Waals surface area (Å²) in [4.78, 5) is 41.7. The van der Waals surface area contributed by atoms with Gasteiger partial charge in [-0.05, 0) is 88.3 Å². The molecule has 0 aromatic heterocycles. The highest BCUT2D eigenvalue weighted by molar-refractivity contribution is 6.06. The lowest BCUT2D eigenvalue weighted by Gasteiger charge is -2.43. The maximum absolute atomic E-state index is 13.4. The highest BCUT2D eigenvalue weighted by atomic mass is 16.5. The Morgan fingerprint density at radius 3 is 2.17 bits per heavy atom. The summed E-state index contributed by atoms with van der Waals surface area (Å²) >= 11 is 0. The molecule has 7 nitrogen and oxygen atoms in total. The van der Waals surface area contributed by atoms with E-state index in [1.54, 1.807) is 6.07 Å². The maximum Gasteiger partial charge on any atom is 0.262 e. The van der Waals surface area contributed by atoms with Crippen molar-refractivity contribution in [3.8, 4) is 11.5 Å². The fraction of sp³-hybridized carbons (Fsp3) is 0.424. The average Bonchev–Trinajstić information content (AvgIpc) is 2.93. The molecule has 40 heavy (non-hydrogen) atoms. The van der Waals surface area contributed by atoms with E-state index in [9.17, 15) is 14.4 Å². The molecule has 1 aliphatic heterocycles. The Morgan fingerprint density at radius 1 is 0.875 bits per heavy atom. The Hall–Kier alpha value is -3.87. The standard InChI is InChI=1S/C33H38N2O5/c1-5-35-24-9-7-11-26(36)32(24)31(33-25(35)10-8-12-27(33)37)22-15-16-28(29(18-22)39-6-2)40-19-30(38)34-23-17-20(3)13-14-21(23)4/h13-18,31H,5-12,19H2,1-4H3,(H,34,38). The van der Waals surface area contributed by atoms with Crippen LogP contribution in [0.15, 0.2) is 58.9 Å². The molecule has 0 radical (unpaired) electrons. The maximum atomic E-state index is 13.4. The molecule has 1 N–H and O–H groups in total. The number of aryl methyl sites for hydroxylation is 2. The monoisotopic (exact) mass is 542 g/mol. The number of benzene rings is 2. The molecule has 210 valence electrons. The van der Waals surface area contributed by atoms with Crippen LogP contribution in [0.4, 0.5) is 5.69 Å². The van der Waals surface area contributed by atoms with Gasteiger partial charge < -0.3 is 19.7 Å². The number of Topliss-reactive ketones (excluding diaryl/α,β-unsaturated/α-hetero) is 2. The first-order valence-corrected chi connectivity index (χ1v) is 14.4. The van der Waals surface area contributed by atoms with Crippen LogP contribution in [0.25, 0.3) is 0 Å². The Kier molecular flexibility index (Phi) is 8.10. The summed E-state index contributed by atoms with van der Waals surface area (Å²) in [5.74, 6) is 0.507. The summed E-state index contributed by atoms with van der Waals surface area (Å²) < 4.78 is 11.9. The molecule has 0 saturated heterocycles. The number of amides is 1. The van der Waals surface area contributed by atoms with E-state index in [0.717, 1.165) is 77.1 Å². The number of carbonyl (C=O) groups excluding carboxylic acids is 3. The number of carbonyl (C=O) groups is 3. The minimum absolute atomic E-state index is 0.121. The zero-order valence-electron chi connectivity index (χ0n) is 23.9. The number of allylic oxidation sites excluding steroid dienone is 4. The molecule has 0 unspecified atom stereocenters. The van der Waals surface area contributed by atoms with E-state index in [1.807, 2.05) is 51.1 Å². The van der Waals surface area contributed by atoms with Gasteiger partial charge in [-0.3, -0.25) is 14.4 Å². The van der Waals surface area contributed by atoms with Crippen molar-refractivity contribution in [2.45, 2.75) is 72.1 Å². The highest BCUT2D eigenvalue weighted by Gasteiger charge is 2.43. The second-order valence-electron chi connectivity index (χ2n) is 10.7. The quantitative estimate of drug-likeness (QED) is 0.431. The van der Waals surface area contributed by atoms with Crippen molar-refractivity contribution in [3.05, 3.63) is 75.6 Å². The Balaban J connectivity index is 1.46. The third kappa shape index (κ3) is 5.29. The molecule has 0 atom stereocenters. The summed E-state index contributed by atoms with van der Waals surface area (Å²) in [6.45, 7) is 8.87. The van der Waals surface area contributed by atoms with Crippen LogP contribution in [0, 0.1) is 13.8 Å². The topological polar surface area (TPSA) is 84.9 Å². The molecular weight excluding hydrogens is 504 g/mol. The van der Waals surface area contributed by atoms with Gasteiger partial charge in [-0.2, -0.15) is 0 Å². The third-order valence-electron chi connectivity index (χ3n) is 8.03. The number of rotatable bonds is 8. The number of nitrogens with one attached hydrogen (secondary N) is 1. The summed E-state index contributed by atoms with van der Waals surface area (Å²) in [7, 11) is 0. The van der Waals surface area contributed by atoms with Crippen LogP contribution in [0.5, 0.6) is 11.5 Å². The smallest absolute Gasteiger partial charge is 0.262 e. The predicted octanol–water partition coefficient (Wildman–Crippen LogP) is 6.15. The molecule has 0 fully saturated rings. The molecule has 2 aromatic carbocycles. The number of ether oxygens (including phenoxy) is 2. The van der Waals surface area contributed by atoms with Gasteiger partial charge in [0, 0.05) is 53.5 Å². The largest absolute Gasteiger partial charge is 0.490 e. The summed E-state index contributed by atoms with van der Waals surface area (Å²) in [6, 6.07) is 11.5. The van der Waals surface area contributed by atoms with Crippen LogP contribution >= 0.6 is 0 Å². The molecule has 2 aliphatic carbocycles. The number of hydrogen-bond donors (Lipinski definition) is 1. The van der Waals surface area contributed by atoms with Crippen molar-refractivity contribution in [2.75, 3.05) is 25.1 Å². The highest BCUT2D eigenvalue weighted by Crippen LogP contribution is 2.50. The molecule has 0 spiro atoms. The first-order chi connectivity index (χ1) is 19.3. The molecule has 7 heteroatoms. The van der Waals surface area contributed by atoms with Crippen molar-refractivity contribution < 1.29 is 23.9 Å². The Morgan fingerprint density at radius 2 is 1.55 bits per heavy atom. The third-order valence-corrected chi connectivity index (χ3v) is 8.03. The molecule has 1 heterocycles. The van der Waals surface area contributed by atoms with Crippen LogP contribution in [-0.2, 0) is 14.4 Å². The SMILES string of the molecule is CCOc1cc(C2C3=C(CCCC3=O)N(CC)C3=C2C(=O)CCC3)ccc1OCC(=O)Nc1cc(C)ccc1C. The van der Waals surface area contributed by atoms with Crippen LogP contribution in [0.3, 0.4) is 0 Å². The van der Waals surface area contributed by atoms with Crippen LogP contribution < -0.4 is 14.8 Å². The molecular formula is C33H38N2O5. The normalized spacial score (nSPS) is 17.6. The molecule has 0 bridgehead atoms. The Bertz CT molecular complexity index is 1380. The molecule has 5 rings (SSSR count). The van der Waals surface area contributed by atoms with Gasteiger partial charge >= 0.3 is 0 Å². The van der Waals surface area contributed by atoms with Gasteiger partial charge in [0.2, 0.25) is 0 Å². The van der Waals surface area contributed by atoms with Gasteiger partial charge in [0.25, 0.3) is 5.91 Å². The molecule has 2 aromatic rings. The number of nitrogens with zero attached hydrogens (tertiary/aromatic N) is 1. The Labute approximate surface area is 236 Å². The van der Waals surface area contributed by atoms with Crippen molar-refractivity contribution in [2.24, 2.45) is 0 Å². The van der Waals surface area contributed by atoms with Gasteiger partial charge in [-0.1, -0.05) is 18.2 Å². The van der Waals surface area contributed by atoms with Crippen molar-refractivity contribution in [1.82, 2.24) is 4.90 Å². The van der Waals surface area contributed by atoms with E-state index < -0.39 is 5.92 Å². The van der Waals surface area contributed by atoms with Crippen molar-refractivity contribution in [3.63, 3.8) is 0 Å². The van der Waals surface area contributed by atoms with Crippen molar-refractivity contribution >= 4 is 23.2 Å². The lowest BCUT2D eigenvalue weighted by molar-refractivity contribution is -0.118. The fourth-order valence-corrected chi connectivity index (χ4v) is 6.22. The van der Waals surface area contributed by atoms with E-state index in [0.29, 0.717) is 30.9 Å². The van der Waals surface area contributed by atoms with E-state index in [1.165, 1.54) is 0 Å². The summed E-state index contributed by atoms with van der Waals surface area (Å²) in [6.07, 6.45) is 4.34. The minimum atomic E-state index is -0.408. The van der Waals surface area contributed by atoms with E-state index >= 15 is 0 Å². The average molecular weight is 543 g/mol. The zero-order chi connectivity index (χ0) is 28.4. The number of hydrogen-bond acceptors (Lipinski definition) is 6. The van der Waals surface area contributed by atoms with Gasteiger partial charge in [0.1, 0.15) is 0 Å². The first kappa shape index (κ1) is 27.7.